The van der Waals surface area contributed by atoms with Gasteiger partial charge in [0.2, 0.25) is 5.91 Å². The molecule has 0 aliphatic heterocycles. The van der Waals surface area contributed by atoms with Gasteiger partial charge in [-0.25, -0.2) is 9.99 Å². The third-order valence-electron chi connectivity index (χ3n) is 3.54. The summed E-state index contributed by atoms with van der Waals surface area (Å²) in [4.78, 5) is 51.2. The summed E-state index contributed by atoms with van der Waals surface area (Å²) in [5.74, 6) is -4.06. The van der Waals surface area contributed by atoms with Crippen LogP contribution in [0.1, 0.15) is 31.7 Å². The SMILES string of the molecule is CC(Cc1ccc(OP(=O)(O)O)c(O)c1)(NNC(=O)CCCC(=O)O)C(=O)O. The molecule has 0 saturated carbocycles. The minimum atomic E-state index is -4.87. The van der Waals surface area contributed by atoms with E-state index in [4.69, 9.17) is 14.9 Å². The van der Waals surface area contributed by atoms with E-state index >= 15 is 0 Å². The molecule has 0 aliphatic carbocycles. The summed E-state index contributed by atoms with van der Waals surface area (Å²) in [6.45, 7) is 1.27. The fraction of sp³-hybridized carbons (Fsp3) is 0.400. The lowest BCUT2D eigenvalue weighted by Gasteiger charge is -2.27. The monoisotopic (exact) mass is 420 g/mol. The van der Waals surface area contributed by atoms with Gasteiger partial charge >= 0.3 is 19.8 Å². The Bertz CT molecular complexity index is 793. The minimum Gasteiger partial charge on any atom is -0.504 e. The first-order valence-electron chi connectivity index (χ1n) is 7.90. The minimum absolute atomic E-state index is 0.0849. The highest BCUT2D eigenvalue weighted by molar-refractivity contribution is 7.46. The van der Waals surface area contributed by atoms with Crippen LogP contribution in [0.15, 0.2) is 18.2 Å². The number of aromatic hydroxyl groups is 1. The zero-order valence-electron chi connectivity index (χ0n) is 14.8. The second-order valence-electron chi connectivity index (χ2n) is 6.12. The predicted molar refractivity (Wildman–Crippen MR) is 93.3 cm³/mol. The number of phenolic OH excluding ortho intramolecular Hbond substituents is 1. The Morgan fingerprint density at radius 3 is 2.32 bits per heavy atom. The molecular formula is C15H21N2O10P. The third kappa shape index (κ3) is 7.92. The lowest BCUT2D eigenvalue weighted by molar-refractivity contribution is -0.145. The predicted octanol–water partition coefficient (Wildman–Crippen LogP) is 0.125. The number of phenols is 1. The lowest BCUT2D eigenvalue weighted by atomic mass is 9.93. The Morgan fingerprint density at radius 2 is 1.82 bits per heavy atom. The molecule has 0 aromatic heterocycles. The van der Waals surface area contributed by atoms with Crippen molar-refractivity contribution in [1.82, 2.24) is 10.9 Å². The highest BCUT2D eigenvalue weighted by atomic mass is 31.2. The van der Waals surface area contributed by atoms with Gasteiger partial charge in [0.05, 0.1) is 0 Å². The molecule has 0 fully saturated rings. The summed E-state index contributed by atoms with van der Waals surface area (Å²) >= 11 is 0. The molecule has 0 saturated heterocycles. The van der Waals surface area contributed by atoms with Gasteiger partial charge in [-0.15, -0.1) is 0 Å². The number of carboxylic acid groups (broad SMARTS) is 2. The molecule has 1 rings (SSSR count). The molecule has 12 nitrogen and oxygen atoms in total. The number of hydrogen-bond donors (Lipinski definition) is 7. The maximum atomic E-state index is 11.7. The summed E-state index contributed by atoms with van der Waals surface area (Å²) in [5, 5.41) is 27.8. The largest absolute Gasteiger partial charge is 0.524 e. The van der Waals surface area contributed by atoms with Crippen LogP contribution < -0.4 is 15.4 Å². The number of carbonyl (C=O) groups excluding carboxylic acids is 1. The van der Waals surface area contributed by atoms with Crippen molar-refractivity contribution in [2.75, 3.05) is 0 Å². The van der Waals surface area contributed by atoms with Crippen molar-refractivity contribution >= 4 is 25.7 Å². The topological polar surface area (TPSA) is 203 Å². The normalized spacial score (nSPS) is 13.4. The van der Waals surface area contributed by atoms with Crippen LogP contribution in [0.25, 0.3) is 0 Å². The smallest absolute Gasteiger partial charge is 0.504 e. The Balaban J connectivity index is 2.79. The zero-order chi connectivity index (χ0) is 21.5. The van der Waals surface area contributed by atoms with Crippen LogP contribution in [0.4, 0.5) is 0 Å². The van der Waals surface area contributed by atoms with Crippen LogP contribution in [-0.4, -0.2) is 48.5 Å². The molecule has 0 aliphatic rings. The van der Waals surface area contributed by atoms with Crippen molar-refractivity contribution in [2.24, 2.45) is 0 Å². The number of nitrogens with one attached hydrogen (secondary N) is 2. The first-order chi connectivity index (χ1) is 12.8. The molecule has 1 unspecified atom stereocenters. The van der Waals surface area contributed by atoms with E-state index in [0.29, 0.717) is 0 Å². The van der Waals surface area contributed by atoms with Crippen molar-refractivity contribution < 1.29 is 48.6 Å². The molecule has 0 radical (unpaired) electrons. The van der Waals surface area contributed by atoms with E-state index in [1.807, 2.05) is 0 Å². The number of amides is 1. The fourth-order valence-corrected chi connectivity index (χ4v) is 2.54. The molecule has 156 valence electrons. The summed E-state index contributed by atoms with van der Waals surface area (Å²) in [6.07, 6.45) is -0.459. The van der Waals surface area contributed by atoms with Gasteiger partial charge in [-0.1, -0.05) is 6.07 Å². The number of hydrazine groups is 1. The van der Waals surface area contributed by atoms with E-state index in [1.165, 1.54) is 13.0 Å². The average Bonchev–Trinajstić information content (AvgIpc) is 2.54. The molecule has 1 amide bonds. The fourth-order valence-electron chi connectivity index (χ4n) is 2.13. The van der Waals surface area contributed by atoms with E-state index < -0.39 is 42.7 Å². The first-order valence-corrected chi connectivity index (χ1v) is 9.44. The molecule has 0 heterocycles. The summed E-state index contributed by atoms with van der Waals surface area (Å²) < 4.78 is 15.1. The highest BCUT2D eigenvalue weighted by Crippen LogP contribution is 2.41. The molecule has 28 heavy (non-hydrogen) atoms. The van der Waals surface area contributed by atoms with Crippen LogP contribution in [0.3, 0.4) is 0 Å². The number of carbonyl (C=O) groups is 3. The van der Waals surface area contributed by atoms with Crippen molar-refractivity contribution in [3.8, 4) is 11.5 Å². The van der Waals surface area contributed by atoms with Gasteiger partial charge in [0.1, 0.15) is 5.54 Å². The van der Waals surface area contributed by atoms with Gasteiger partial charge in [-0.2, -0.15) is 0 Å². The standard InChI is InChI=1S/C15H21N2O10P/c1-15(14(22)23,17-16-12(19)3-2-4-13(20)21)8-9-5-6-11(10(18)7-9)27-28(24,25)26/h5-7,17-18H,2-4,8H2,1H3,(H,16,19)(H,20,21)(H,22,23)(H2,24,25,26). The Hall–Kier alpha value is -2.66. The van der Waals surface area contributed by atoms with Crippen molar-refractivity contribution in [3.05, 3.63) is 23.8 Å². The van der Waals surface area contributed by atoms with Crippen LogP contribution in [0, 0.1) is 0 Å². The Kier molecular flexibility index (Phi) is 7.94. The number of carboxylic acids is 2. The van der Waals surface area contributed by atoms with Gasteiger partial charge in [0.25, 0.3) is 0 Å². The molecular weight excluding hydrogens is 399 g/mol. The van der Waals surface area contributed by atoms with E-state index in [-0.39, 0.29) is 31.2 Å². The van der Waals surface area contributed by atoms with Gasteiger partial charge < -0.3 is 19.8 Å². The van der Waals surface area contributed by atoms with Crippen molar-refractivity contribution in [3.63, 3.8) is 0 Å². The Morgan fingerprint density at radius 1 is 1.18 bits per heavy atom. The van der Waals surface area contributed by atoms with Crippen LogP contribution in [-0.2, 0) is 25.4 Å². The quantitative estimate of drug-likeness (QED) is 0.189. The first kappa shape index (κ1) is 23.4. The number of rotatable bonds is 11. The molecule has 1 atom stereocenters. The lowest BCUT2D eigenvalue weighted by Crippen LogP contribution is -2.58. The molecule has 1 aromatic rings. The number of hydrogen-bond acceptors (Lipinski definition) is 7. The summed E-state index contributed by atoms with van der Waals surface area (Å²) in [5.41, 5.74) is 3.15. The van der Waals surface area contributed by atoms with E-state index in [9.17, 15) is 29.2 Å². The maximum Gasteiger partial charge on any atom is 0.524 e. The van der Waals surface area contributed by atoms with Crippen molar-refractivity contribution in [2.45, 2.75) is 38.1 Å². The van der Waals surface area contributed by atoms with E-state index in [0.717, 1.165) is 12.1 Å². The van der Waals surface area contributed by atoms with E-state index in [1.54, 1.807) is 0 Å². The number of benzene rings is 1. The summed E-state index contributed by atoms with van der Waals surface area (Å²) in [7, 11) is -4.87. The third-order valence-corrected chi connectivity index (χ3v) is 3.98. The zero-order valence-corrected chi connectivity index (χ0v) is 15.7. The maximum absolute atomic E-state index is 11.7. The second-order valence-corrected chi connectivity index (χ2v) is 7.28. The van der Waals surface area contributed by atoms with Gasteiger partial charge in [-0.3, -0.25) is 29.6 Å². The van der Waals surface area contributed by atoms with Gasteiger partial charge in [0.15, 0.2) is 11.5 Å². The van der Waals surface area contributed by atoms with Crippen LogP contribution >= 0.6 is 7.82 Å². The highest BCUT2D eigenvalue weighted by Gasteiger charge is 2.34. The molecule has 1 aromatic carbocycles. The molecule has 13 heteroatoms. The molecule has 7 N–H and O–H groups in total. The average molecular weight is 420 g/mol. The second kappa shape index (κ2) is 9.51. The number of phosphoric ester groups is 1. The van der Waals surface area contributed by atoms with Gasteiger partial charge in [0, 0.05) is 19.3 Å². The number of phosphoric acid groups is 1. The van der Waals surface area contributed by atoms with Gasteiger partial charge in [-0.05, 0) is 31.0 Å². The van der Waals surface area contributed by atoms with Crippen LogP contribution in [0.2, 0.25) is 0 Å². The molecule has 0 bridgehead atoms. The van der Waals surface area contributed by atoms with E-state index in [2.05, 4.69) is 15.4 Å². The Labute approximate surface area is 159 Å². The summed E-state index contributed by atoms with van der Waals surface area (Å²) in [6, 6.07) is 3.43. The van der Waals surface area contributed by atoms with Crippen LogP contribution in [0.5, 0.6) is 11.5 Å². The number of aliphatic carboxylic acids is 2. The molecule has 0 spiro atoms. The van der Waals surface area contributed by atoms with Crippen molar-refractivity contribution in [1.29, 1.82) is 0 Å².